The van der Waals surface area contributed by atoms with E-state index >= 15 is 4.39 Å². The summed E-state index contributed by atoms with van der Waals surface area (Å²) in [6.07, 6.45) is -5.82. The monoisotopic (exact) mass is 755 g/mol. The average molecular weight is 756 g/mol. The second-order valence-electron chi connectivity index (χ2n) is 13.9. The summed E-state index contributed by atoms with van der Waals surface area (Å²) < 4.78 is 117. The standard InChI is InChI=1S/C38H41F8N3O4/c1-22-15-26(39)16-23-9-5-3-2-4-6-10-31(49-21-24(11-14-48-12-7-8-13-48)28(19-32(49)50)37(41,42)43)36(53)47-30(20-33(51)52)27-17-25(34(22)23)18-29(35(27)40)38(44,45)46/h15-19,21,30-31H,2-14,20H2,1H3,(H,47,53)(H,51,52)/t30-,31-/m0/s1. The van der Waals surface area contributed by atoms with Crippen molar-refractivity contribution >= 4 is 11.9 Å². The van der Waals surface area contributed by atoms with Crippen molar-refractivity contribution in [3.8, 4) is 11.1 Å². The number of hydrogen-bond acceptors (Lipinski definition) is 4. The number of likely N-dealkylation sites (tertiary alicyclic amines) is 1. The highest BCUT2D eigenvalue weighted by molar-refractivity contribution is 5.82. The Bertz CT molecular complexity index is 1880. The molecule has 1 fully saturated rings. The number of carboxylic acids is 1. The van der Waals surface area contributed by atoms with Crippen molar-refractivity contribution in [2.45, 2.75) is 102 Å². The molecule has 2 bridgehead atoms. The number of nitrogens with zero attached hydrogens (tertiary/aromatic N) is 2. The number of hydrogen-bond donors (Lipinski definition) is 2. The van der Waals surface area contributed by atoms with E-state index in [1.807, 2.05) is 4.90 Å². The SMILES string of the molecule is Cc1cc(F)cc2c1-c1cc(c(F)c(C(F)(F)F)c1)[C@H](CC(=O)O)NC(=O)[C@@H](n1cc(CCN3CCCC3)c(C(F)(F)F)cc1=O)CCCCCCC2. The summed E-state index contributed by atoms with van der Waals surface area (Å²) in [7, 11) is 0. The van der Waals surface area contributed by atoms with Gasteiger partial charge in [0, 0.05) is 24.4 Å². The molecule has 2 aliphatic rings. The van der Waals surface area contributed by atoms with Gasteiger partial charge in [-0.1, -0.05) is 25.7 Å². The average Bonchev–Trinajstić information content (AvgIpc) is 3.57. The van der Waals surface area contributed by atoms with E-state index in [2.05, 4.69) is 5.32 Å². The van der Waals surface area contributed by atoms with Gasteiger partial charge in [-0.25, -0.2) is 8.78 Å². The fourth-order valence-electron chi connectivity index (χ4n) is 7.52. The molecule has 0 saturated carbocycles. The number of pyridine rings is 1. The van der Waals surface area contributed by atoms with Crippen LogP contribution < -0.4 is 10.9 Å². The molecule has 288 valence electrons. The fourth-order valence-corrected chi connectivity index (χ4v) is 7.52. The molecular weight excluding hydrogens is 714 g/mol. The number of aromatic nitrogens is 1. The second kappa shape index (κ2) is 16.4. The first-order valence-electron chi connectivity index (χ1n) is 17.7. The van der Waals surface area contributed by atoms with E-state index in [-0.39, 0.29) is 48.1 Å². The van der Waals surface area contributed by atoms with Crippen LogP contribution >= 0.6 is 0 Å². The van der Waals surface area contributed by atoms with Gasteiger partial charge in [-0.2, -0.15) is 26.3 Å². The lowest BCUT2D eigenvalue weighted by atomic mass is 9.87. The number of aliphatic carboxylic acids is 1. The quantitative estimate of drug-likeness (QED) is 0.246. The van der Waals surface area contributed by atoms with Gasteiger partial charge in [0.15, 0.2) is 0 Å². The van der Waals surface area contributed by atoms with Crippen molar-refractivity contribution in [1.82, 2.24) is 14.8 Å². The molecule has 1 amide bonds. The zero-order valence-corrected chi connectivity index (χ0v) is 29.1. The van der Waals surface area contributed by atoms with Crippen molar-refractivity contribution in [2.75, 3.05) is 19.6 Å². The molecule has 5 rings (SSSR count). The minimum Gasteiger partial charge on any atom is -0.481 e. The Kier molecular flexibility index (Phi) is 12.4. The van der Waals surface area contributed by atoms with Crippen molar-refractivity contribution in [2.24, 2.45) is 0 Å². The third-order valence-corrected chi connectivity index (χ3v) is 10.1. The number of halogens is 8. The lowest BCUT2D eigenvalue weighted by Crippen LogP contribution is -2.40. The third kappa shape index (κ3) is 9.64. The molecule has 53 heavy (non-hydrogen) atoms. The Morgan fingerprint density at radius 2 is 1.53 bits per heavy atom. The number of amides is 1. The van der Waals surface area contributed by atoms with Crippen LogP contribution in [0, 0.1) is 18.6 Å². The molecule has 2 N–H and O–H groups in total. The van der Waals surface area contributed by atoms with Gasteiger partial charge in [-0.3, -0.25) is 14.4 Å². The molecule has 7 nitrogen and oxygen atoms in total. The summed E-state index contributed by atoms with van der Waals surface area (Å²) in [5.41, 5.74) is -4.40. The Labute approximate surface area is 301 Å². The number of carboxylic acid groups (broad SMARTS) is 1. The Morgan fingerprint density at radius 1 is 0.868 bits per heavy atom. The van der Waals surface area contributed by atoms with Crippen molar-refractivity contribution in [3.05, 3.63) is 91.9 Å². The highest BCUT2D eigenvalue weighted by Gasteiger charge is 2.39. The lowest BCUT2D eigenvalue weighted by molar-refractivity contribution is -0.140. The molecular formula is C38H41F8N3O4. The highest BCUT2D eigenvalue weighted by Crippen LogP contribution is 2.41. The van der Waals surface area contributed by atoms with E-state index in [9.17, 15) is 50.2 Å². The van der Waals surface area contributed by atoms with Crippen molar-refractivity contribution < 1.29 is 49.8 Å². The van der Waals surface area contributed by atoms with E-state index in [1.54, 1.807) is 0 Å². The smallest absolute Gasteiger partial charge is 0.419 e. The van der Waals surface area contributed by atoms with E-state index in [4.69, 9.17) is 0 Å². The summed E-state index contributed by atoms with van der Waals surface area (Å²) in [4.78, 5) is 41.5. The number of rotatable bonds is 6. The van der Waals surface area contributed by atoms with E-state index in [0.717, 1.165) is 35.7 Å². The van der Waals surface area contributed by atoms with Crippen LogP contribution in [0.3, 0.4) is 0 Å². The Hall–Kier alpha value is -4.27. The van der Waals surface area contributed by atoms with E-state index < -0.39 is 76.6 Å². The van der Waals surface area contributed by atoms with Gasteiger partial charge in [0.25, 0.3) is 5.56 Å². The molecule has 0 spiro atoms. The largest absolute Gasteiger partial charge is 0.481 e. The van der Waals surface area contributed by atoms with Gasteiger partial charge < -0.3 is 19.9 Å². The number of benzene rings is 2. The van der Waals surface area contributed by atoms with Gasteiger partial charge in [-0.05, 0) is 111 Å². The molecule has 1 saturated heterocycles. The fraction of sp³-hybridized carbons (Fsp3) is 0.500. The van der Waals surface area contributed by atoms with Crippen molar-refractivity contribution in [1.29, 1.82) is 0 Å². The normalized spacial score (nSPS) is 19.5. The van der Waals surface area contributed by atoms with Crippen LogP contribution in [0.2, 0.25) is 0 Å². The maximum Gasteiger partial charge on any atom is 0.419 e. The van der Waals surface area contributed by atoms with Crippen LogP contribution in [0.5, 0.6) is 0 Å². The Balaban J connectivity index is 1.65. The topological polar surface area (TPSA) is 91.6 Å². The maximum absolute atomic E-state index is 16.0. The van der Waals surface area contributed by atoms with Crippen LogP contribution in [0.25, 0.3) is 11.1 Å². The van der Waals surface area contributed by atoms with Gasteiger partial charge >= 0.3 is 18.3 Å². The van der Waals surface area contributed by atoms with Crippen molar-refractivity contribution in [3.63, 3.8) is 0 Å². The second-order valence-corrected chi connectivity index (χ2v) is 13.9. The number of carbonyl (C=O) groups is 2. The number of alkyl halides is 6. The van der Waals surface area contributed by atoms with Gasteiger partial charge in [0.05, 0.1) is 23.6 Å². The first kappa shape index (κ1) is 39.9. The maximum atomic E-state index is 16.0. The summed E-state index contributed by atoms with van der Waals surface area (Å²) >= 11 is 0. The van der Waals surface area contributed by atoms with E-state index in [1.165, 1.54) is 13.0 Å². The van der Waals surface area contributed by atoms with Crippen LogP contribution in [0.4, 0.5) is 35.1 Å². The predicted molar refractivity (Wildman–Crippen MR) is 180 cm³/mol. The highest BCUT2D eigenvalue weighted by atomic mass is 19.4. The predicted octanol–water partition coefficient (Wildman–Crippen LogP) is 8.55. The summed E-state index contributed by atoms with van der Waals surface area (Å²) in [6, 6.07) is 0.907. The molecule has 0 radical (unpaired) electrons. The molecule has 0 unspecified atom stereocenters. The summed E-state index contributed by atoms with van der Waals surface area (Å²) in [6.45, 7) is 3.16. The number of aryl methyl sites for hydroxylation is 2. The first-order chi connectivity index (χ1) is 24.9. The van der Waals surface area contributed by atoms with Gasteiger partial charge in [-0.15, -0.1) is 0 Å². The van der Waals surface area contributed by atoms with Crippen LogP contribution in [0.15, 0.2) is 41.3 Å². The molecule has 2 atom stereocenters. The molecule has 2 aliphatic heterocycles. The van der Waals surface area contributed by atoms with Crippen LogP contribution in [0.1, 0.15) is 103 Å². The number of fused-ring (bicyclic) bond motifs is 4. The minimum absolute atomic E-state index is 0.0892. The lowest BCUT2D eigenvalue weighted by Gasteiger charge is -2.27. The van der Waals surface area contributed by atoms with Crippen LogP contribution in [-0.2, 0) is 34.8 Å². The number of nitrogens with one attached hydrogen (secondary N) is 1. The summed E-state index contributed by atoms with van der Waals surface area (Å²) in [5.74, 6) is -5.13. The molecule has 1 aromatic heterocycles. The summed E-state index contributed by atoms with van der Waals surface area (Å²) in [5, 5.41) is 12.1. The molecule has 15 heteroatoms. The minimum atomic E-state index is -5.26. The Morgan fingerprint density at radius 3 is 2.19 bits per heavy atom. The van der Waals surface area contributed by atoms with Crippen LogP contribution in [-0.4, -0.2) is 46.1 Å². The van der Waals surface area contributed by atoms with E-state index in [0.29, 0.717) is 62.9 Å². The third-order valence-electron chi connectivity index (χ3n) is 10.1. The van der Waals surface area contributed by atoms with Gasteiger partial charge in [0.2, 0.25) is 5.91 Å². The first-order valence-corrected chi connectivity index (χ1v) is 17.7. The molecule has 2 aromatic carbocycles. The number of carbonyl (C=O) groups excluding carboxylic acids is 1. The zero-order valence-electron chi connectivity index (χ0n) is 29.1. The zero-order chi connectivity index (χ0) is 38.7. The molecule has 3 heterocycles. The van der Waals surface area contributed by atoms with Gasteiger partial charge in [0.1, 0.15) is 17.7 Å². The molecule has 3 aromatic rings. The molecule has 0 aliphatic carbocycles.